The number of phenols is 1. The molecule has 0 atom stereocenters. The largest absolute Gasteiger partial charge is 0.507 e. The molecule has 0 spiro atoms. The first-order valence-electron chi connectivity index (χ1n) is 11.8. The fraction of sp³-hybridized carbons (Fsp3) is 0.462. The van der Waals surface area contributed by atoms with Crippen molar-refractivity contribution in [3.05, 3.63) is 47.5 Å². The lowest BCUT2D eigenvalue weighted by atomic mass is 9.82. The van der Waals surface area contributed by atoms with E-state index in [4.69, 9.17) is 9.47 Å². The number of nitrogens with zero attached hydrogens (tertiary/aromatic N) is 3. The van der Waals surface area contributed by atoms with Crippen molar-refractivity contribution in [1.82, 2.24) is 20.6 Å². The smallest absolute Gasteiger partial charge is 0.204 e. The summed E-state index contributed by atoms with van der Waals surface area (Å²) in [7, 11) is 0. The number of hydrogen-bond donors (Lipinski definition) is 2. The van der Waals surface area contributed by atoms with Gasteiger partial charge in [0.2, 0.25) is 5.82 Å². The summed E-state index contributed by atoms with van der Waals surface area (Å²) in [6.45, 7) is 7.29. The molecule has 0 saturated heterocycles. The summed E-state index contributed by atoms with van der Waals surface area (Å²) in [6, 6.07) is 11.4. The number of rotatable bonds is 14. The van der Waals surface area contributed by atoms with E-state index in [2.05, 4.69) is 27.5 Å². The van der Waals surface area contributed by atoms with E-state index in [0.29, 0.717) is 37.6 Å². The van der Waals surface area contributed by atoms with Crippen LogP contribution in [0.25, 0.3) is 11.4 Å². The van der Waals surface area contributed by atoms with Crippen LogP contribution in [-0.2, 0) is 17.6 Å². The lowest BCUT2D eigenvalue weighted by Crippen LogP contribution is -2.16. The normalized spacial score (nSPS) is 11.4. The highest BCUT2D eigenvalue weighted by Gasteiger charge is 2.22. The van der Waals surface area contributed by atoms with Crippen molar-refractivity contribution in [2.45, 2.75) is 59.3 Å². The van der Waals surface area contributed by atoms with E-state index in [1.807, 2.05) is 50.2 Å². The van der Waals surface area contributed by atoms with Gasteiger partial charge in [-0.2, -0.15) is 5.21 Å². The molecule has 2 N–H and O–H groups in total. The molecule has 8 nitrogen and oxygen atoms in total. The molecule has 2 aromatic carbocycles. The van der Waals surface area contributed by atoms with Crippen molar-refractivity contribution >= 4 is 6.29 Å². The number of nitrogens with one attached hydrogen (secondary N) is 1. The number of benzene rings is 2. The van der Waals surface area contributed by atoms with Crippen molar-refractivity contribution in [2.24, 2.45) is 5.41 Å². The van der Waals surface area contributed by atoms with Gasteiger partial charge in [-0.1, -0.05) is 33.3 Å². The van der Waals surface area contributed by atoms with Crippen LogP contribution < -0.4 is 9.47 Å². The van der Waals surface area contributed by atoms with Crippen LogP contribution in [0.4, 0.5) is 0 Å². The van der Waals surface area contributed by atoms with Gasteiger partial charge in [0.25, 0.3) is 0 Å². The molecule has 8 heteroatoms. The molecule has 3 aromatic rings. The molecule has 34 heavy (non-hydrogen) atoms. The van der Waals surface area contributed by atoms with E-state index in [1.165, 1.54) is 0 Å². The van der Waals surface area contributed by atoms with E-state index in [0.717, 1.165) is 60.2 Å². The van der Waals surface area contributed by atoms with Gasteiger partial charge in [-0.05, 0) is 72.2 Å². The van der Waals surface area contributed by atoms with Gasteiger partial charge < -0.3 is 19.4 Å². The number of hydrogen-bond acceptors (Lipinski definition) is 7. The number of carbonyl (C=O) groups excluding carboxylic acids is 1. The standard InChI is InChI=1S/C26H34N4O4/c1-4-7-22-23(13-10-20(24(22)32)18-26(2,3)14-15-31)34-17-6-5-16-33-21-11-8-19(9-12-21)25-27-29-30-28-25/h8-13,15,32H,4-7,14,16-18H2,1-3H3,(H,27,28,29,30). The zero-order valence-electron chi connectivity index (χ0n) is 20.2. The Kier molecular flexibility index (Phi) is 9.01. The maximum absolute atomic E-state index is 11.0. The third-order valence-electron chi connectivity index (χ3n) is 5.65. The van der Waals surface area contributed by atoms with Crippen LogP contribution in [0.2, 0.25) is 0 Å². The first-order valence-corrected chi connectivity index (χ1v) is 11.8. The Balaban J connectivity index is 1.47. The summed E-state index contributed by atoms with van der Waals surface area (Å²) in [6.07, 6.45) is 5.37. The molecule has 1 aromatic heterocycles. The summed E-state index contributed by atoms with van der Waals surface area (Å²) in [4.78, 5) is 11.0. The molecule has 1 heterocycles. The summed E-state index contributed by atoms with van der Waals surface area (Å²) >= 11 is 0. The molecular formula is C26H34N4O4. The van der Waals surface area contributed by atoms with Gasteiger partial charge in [-0.3, -0.25) is 0 Å². The van der Waals surface area contributed by atoms with E-state index in [9.17, 15) is 9.90 Å². The minimum Gasteiger partial charge on any atom is -0.507 e. The van der Waals surface area contributed by atoms with E-state index in [1.54, 1.807) is 0 Å². The molecule has 0 unspecified atom stereocenters. The average Bonchev–Trinajstić information content (AvgIpc) is 3.35. The van der Waals surface area contributed by atoms with Crippen LogP contribution >= 0.6 is 0 Å². The van der Waals surface area contributed by atoms with E-state index >= 15 is 0 Å². The molecule has 0 radical (unpaired) electrons. The molecule has 0 aliphatic heterocycles. The Morgan fingerprint density at radius 2 is 1.79 bits per heavy atom. The first-order chi connectivity index (χ1) is 16.4. The van der Waals surface area contributed by atoms with E-state index in [-0.39, 0.29) is 5.41 Å². The zero-order valence-corrected chi connectivity index (χ0v) is 20.2. The summed E-state index contributed by atoms with van der Waals surface area (Å²) < 4.78 is 11.8. The Hall–Kier alpha value is -3.42. The highest BCUT2D eigenvalue weighted by Crippen LogP contribution is 2.37. The quantitative estimate of drug-likeness (QED) is 0.256. The molecule has 0 amide bonds. The van der Waals surface area contributed by atoms with Gasteiger partial charge in [0.1, 0.15) is 23.5 Å². The lowest BCUT2D eigenvalue weighted by Gasteiger charge is -2.24. The lowest BCUT2D eigenvalue weighted by molar-refractivity contribution is -0.109. The highest BCUT2D eigenvalue weighted by molar-refractivity contribution is 5.55. The predicted octanol–water partition coefficient (Wildman–Crippen LogP) is 4.92. The van der Waals surface area contributed by atoms with Crippen LogP contribution in [0, 0.1) is 5.41 Å². The number of ether oxygens (including phenoxy) is 2. The number of tetrazole rings is 1. The minimum absolute atomic E-state index is 0.196. The number of unbranched alkanes of at least 4 members (excludes halogenated alkanes) is 1. The molecule has 0 bridgehead atoms. The number of aromatic nitrogens is 4. The van der Waals surface area contributed by atoms with Gasteiger partial charge in [-0.25, -0.2) is 0 Å². The topological polar surface area (TPSA) is 110 Å². The number of aromatic hydroxyl groups is 1. The molecule has 0 aliphatic carbocycles. The van der Waals surface area contributed by atoms with Crippen LogP contribution in [0.1, 0.15) is 57.6 Å². The van der Waals surface area contributed by atoms with Crippen molar-refractivity contribution in [3.8, 4) is 28.6 Å². The average molecular weight is 467 g/mol. The number of aldehydes is 1. The number of H-pyrrole nitrogens is 1. The van der Waals surface area contributed by atoms with Crippen molar-refractivity contribution in [3.63, 3.8) is 0 Å². The second-order valence-corrected chi connectivity index (χ2v) is 9.18. The SMILES string of the molecule is CCCc1c(OCCCCOc2ccc(-c3nn[nH]n3)cc2)ccc(CC(C)(C)CC=O)c1O. The van der Waals surface area contributed by atoms with Gasteiger partial charge in [-0.15, -0.1) is 10.2 Å². The Morgan fingerprint density at radius 1 is 1.06 bits per heavy atom. The molecule has 3 rings (SSSR count). The summed E-state index contributed by atoms with van der Waals surface area (Å²) in [5, 5.41) is 24.8. The van der Waals surface area contributed by atoms with Crippen molar-refractivity contribution in [2.75, 3.05) is 13.2 Å². The third kappa shape index (κ3) is 7.04. The van der Waals surface area contributed by atoms with Crippen molar-refractivity contribution in [1.29, 1.82) is 0 Å². The Morgan fingerprint density at radius 3 is 2.44 bits per heavy atom. The van der Waals surface area contributed by atoms with Crippen LogP contribution in [-0.4, -0.2) is 45.2 Å². The summed E-state index contributed by atoms with van der Waals surface area (Å²) in [5.74, 6) is 2.37. The number of carbonyl (C=O) groups is 1. The first kappa shape index (κ1) is 25.2. The molecule has 0 aliphatic rings. The predicted molar refractivity (Wildman–Crippen MR) is 130 cm³/mol. The number of phenolic OH excluding ortho intramolecular Hbond substituents is 1. The minimum atomic E-state index is -0.196. The van der Waals surface area contributed by atoms with Crippen LogP contribution in [0.5, 0.6) is 17.2 Å². The molecule has 182 valence electrons. The van der Waals surface area contributed by atoms with Gasteiger partial charge >= 0.3 is 0 Å². The van der Waals surface area contributed by atoms with Gasteiger partial charge in [0.05, 0.1) is 13.2 Å². The molecule has 0 saturated carbocycles. The Bertz CT molecular complexity index is 1030. The highest BCUT2D eigenvalue weighted by atomic mass is 16.5. The van der Waals surface area contributed by atoms with Crippen molar-refractivity contribution < 1.29 is 19.4 Å². The fourth-order valence-electron chi connectivity index (χ4n) is 3.81. The Labute approximate surface area is 200 Å². The monoisotopic (exact) mass is 466 g/mol. The fourth-order valence-corrected chi connectivity index (χ4v) is 3.81. The van der Waals surface area contributed by atoms with Crippen LogP contribution in [0.3, 0.4) is 0 Å². The maximum Gasteiger partial charge on any atom is 0.204 e. The van der Waals surface area contributed by atoms with Gasteiger partial charge in [0, 0.05) is 17.5 Å². The molecule has 0 fully saturated rings. The summed E-state index contributed by atoms with van der Waals surface area (Å²) in [5.41, 5.74) is 2.39. The maximum atomic E-state index is 11.0. The van der Waals surface area contributed by atoms with E-state index < -0.39 is 0 Å². The second-order valence-electron chi connectivity index (χ2n) is 9.18. The zero-order chi connectivity index (χ0) is 24.4. The van der Waals surface area contributed by atoms with Gasteiger partial charge in [0.15, 0.2) is 0 Å². The third-order valence-corrected chi connectivity index (χ3v) is 5.65. The van der Waals surface area contributed by atoms with Crippen LogP contribution in [0.15, 0.2) is 36.4 Å². The second kappa shape index (κ2) is 12.2. The number of aromatic amines is 1. The molecular weight excluding hydrogens is 432 g/mol.